The highest BCUT2D eigenvalue weighted by Crippen LogP contribution is 2.31. The molecule has 2 heterocycles. The average Bonchev–Trinajstić information content (AvgIpc) is 2.85. The van der Waals surface area contributed by atoms with Crippen LogP contribution in [0.5, 0.6) is 0 Å². The van der Waals surface area contributed by atoms with Gasteiger partial charge < -0.3 is 20.2 Å². The summed E-state index contributed by atoms with van der Waals surface area (Å²) in [5.74, 6) is -2.60. The number of carboxylic acids is 1. The lowest BCUT2D eigenvalue weighted by atomic mass is 10.0. The number of hydrazine groups is 1. The Morgan fingerprint density at radius 3 is 2.39 bits per heavy atom. The number of halogens is 3. The fourth-order valence-corrected chi connectivity index (χ4v) is 4.73. The van der Waals surface area contributed by atoms with Crippen LogP contribution in [0.1, 0.15) is 23.1 Å². The minimum atomic E-state index is -4.59. The highest BCUT2D eigenvalue weighted by Gasteiger charge is 2.51. The van der Waals surface area contributed by atoms with E-state index in [0.29, 0.717) is 0 Å². The van der Waals surface area contributed by atoms with Gasteiger partial charge in [-0.2, -0.15) is 13.2 Å². The molecule has 2 aromatic carbocycles. The molecule has 0 saturated carbocycles. The predicted octanol–water partition coefficient (Wildman–Crippen LogP) is 2.12. The van der Waals surface area contributed by atoms with Crippen LogP contribution in [-0.4, -0.2) is 81.1 Å². The Balaban J connectivity index is 1.63. The molecule has 0 aliphatic carbocycles. The number of carbonyl (C=O) groups excluding carboxylic acids is 3. The number of benzene rings is 2. The molecule has 2 fully saturated rings. The predicted molar refractivity (Wildman–Crippen MR) is 127 cm³/mol. The van der Waals surface area contributed by atoms with Crippen LogP contribution in [0.4, 0.5) is 18.0 Å². The lowest BCUT2D eigenvalue weighted by Gasteiger charge is -2.54. The van der Waals surface area contributed by atoms with Crippen molar-refractivity contribution in [3.8, 4) is 0 Å². The Morgan fingerprint density at radius 1 is 1.05 bits per heavy atom. The first-order valence-corrected chi connectivity index (χ1v) is 11.8. The summed E-state index contributed by atoms with van der Waals surface area (Å²) in [6.07, 6.45) is -6.37. The molecule has 0 spiro atoms. The summed E-state index contributed by atoms with van der Waals surface area (Å²) in [4.78, 5) is 53.5. The molecular weight excluding hydrogens is 507 g/mol. The number of carbonyl (C=O) groups is 4. The summed E-state index contributed by atoms with van der Waals surface area (Å²) in [7, 11) is 1.51. The molecule has 0 aromatic heterocycles. The number of aliphatic carboxylic acids is 1. The third-order valence-corrected chi connectivity index (χ3v) is 6.43. The smallest absolute Gasteiger partial charge is 0.416 e. The van der Waals surface area contributed by atoms with Gasteiger partial charge in [0.25, 0.3) is 0 Å². The molecule has 2 aromatic rings. The molecule has 4 amide bonds. The molecule has 38 heavy (non-hydrogen) atoms. The summed E-state index contributed by atoms with van der Waals surface area (Å²) in [6, 6.07) is 11.5. The quantitative estimate of drug-likeness (QED) is 0.588. The first-order valence-electron chi connectivity index (χ1n) is 11.8. The van der Waals surface area contributed by atoms with Crippen LogP contribution in [0.15, 0.2) is 54.6 Å². The number of nitrogens with one attached hydrogen (secondary N) is 1. The molecule has 2 aliphatic rings. The van der Waals surface area contributed by atoms with E-state index in [9.17, 15) is 37.5 Å². The van der Waals surface area contributed by atoms with Gasteiger partial charge in [-0.25, -0.2) is 14.8 Å². The molecule has 2 atom stereocenters. The number of hydrogen-bond donors (Lipinski definition) is 2. The third kappa shape index (κ3) is 5.72. The molecule has 4 rings (SSSR count). The van der Waals surface area contributed by atoms with Crippen LogP contribution in [0, 0.1) is 0 Å². The molecule has 10 nitrogen and oxygen atoms in total. The van der Waals surface area contributed by atoms with E-state index in [2.05, 4.69) is 5.32 Å². The molecule has 2 aliphatic heterocycles. The molecule has 2 N–H and O–H groups in total. The largest absolute Gasteiger partial charge is 0.481 e. The van der Waals surface area contributed by atoms with Crippen LogP contribution in [0.25, 0.3) is 0 Å². The standard InChI is InChI=1S/C25H26F3N5O5/c1-30-15-21(34)32-19(11-22(35)36)23(37)31(13-17-8-5-9-18(10-17)25(26,27)28)14-20(32)33(30)24(38)29-12-16-6-3-2-4-7-16/h2-10,19-20H,11-15H2,1H3,(H,29,38)(H,35,36)/t19-,20-/m0/s1. The third-order valence-electron chi connectivity index (χ3n) is 6.43. The first kappa shape index (κ1) is 26.9. The lowest BCUT2D eigenvalue weighted by Crippen LogP contribution is -2.76. The van der Waals surface area contributed by atoms with Gasteiger partial charge in [0.2, 0.25) is 11.8 Å². The number of hydrogen-bond acceptors (Lipinski definition) is 5. The second-order valence-corrected chi connectivity index (χ2v) is 9.12. The Labute approximate surface area is 216 Å². The zero-order valence-corrected chi connectivity index (χ0v) is 20.4. The molecule has 0 unspecified atom stereocenters. The van der Waals surface area contributed by atoms with Crippen molar-refractivity contribution in [3.05, 3.63) is 71.3 Å². The van der Waals surface area contributed by atoms with E-state index in [1.54, 1.807) is 0 Å². The van der Waals surface area contributed by atoms with E-state index >= 15 is 0 Å². The first-order chi connectivity index (χ1) is 18.0. The second-order valence-electron chi connectivity index (χ2n) is 9.12. The van der Waals surface area contributed by atoms with Gasteiger partial charge >= 0.3 is 18.2 Å². The molecule has 0 bridgehead atoms. The number of carboxylic acid groups (broad SMARTS) is 1. The number of nitrogens with zero attached hydrogens (tertiary/aromatic N) is 4. The van der Waals surface area contributed by atoms with Crippen LogP contribution >= 0.6 is 0 Å². The van der Waals surface area contributed by atoms with E-state index in [1.165, 1.54) is 34.1 Å². The fourth-order valence-electron chi connectivity index (χ4n) is 4.73. The van der Waals surface area contributed by atoms with Crippen molar-refractivity contribution in [2.75, 3.05) is 20.1 Å². The summed E-state index contributed by atoms with van der Waals surface area (Å²) >= 11 is 0. The van der Waals surface area contributed by atoms with Gasteiger partial charge in [-0.05, 0) is 23.3 Å². The van der Waals surface area contributed by atoms with Crippen molar-refractivity contribution in [3.63, 3.8) is 0 Å². The second kappa shape index (κ2) is 10.7. The maximum Gasteiger partial charge on any atom is 0.416 e. The maximum atomic E-state index is 13.3. The normalized spacial score (nSPS) is 20.4. The highest BCUT2D eigenvalue weighted by atomic mass is 19.4. The van der Waals surface area contributed by atoms with E-state index < -0.39 is 54.2 Å². The molecule has 0 radical (unpaired) electrons. The molecule has 202 valence electrons. The minimum Gasteiger partial charge on any atom is -0.481 e. The van der Waals surface area contributed by atoms with Crippen LogP contribution in [0.3, 0.4) is 0 Å². The molecule has 2 saturated heterocycles. The number of alkyl halides is 3. The summed E-state index contributed by atoms with van der Waals surface area (Å²) in [5.41, 5.74) is 0.103. The maximum absolute atomic E-state index is 13.3. The molecule has 13 heteroatoms. The van der Waals surface area contributed by atoms with Gasteiger partial charge in [-0.15, -0.1) is 0 Å². The van der Waals surface area contributed by atoms with Crippen molar-refractivity contribution in [2.24, 2.45) is 0 Å². The van der Waals surface area contributed by atoms with Crippen molar-refractivity contribution in [1.29, 1.82) is 0 Å². The van der Waals surface area contributed by atoms with Crippen molar-refractivity contribution in [2.45, 2.75) is 37.9 Å². The van der Waals surface area contributed by atoms with Crippen molar-refractivity contribution >= 4 is 23.8 Å². The zero-order valence-electron chi connectivity index (χ0n) is 20.4. The molecular formula is C25H26F3N5O5. The summed E-state index contributed by atoms with van der Waals surface area (Å²) in [6.45, 7) is -0.580. The highest BCUT2D eigenvalue weighted by molar-refractivity contribution is 5.93. The fraction of sp³-hybridized carbons (Fsp3) is 0.360. The van der Waals surface area contributed by atoms with Gasteiger partial charge in [0.1, 0.15) is 12.2 Å². The van der Waals surface area contributed by atoms with E-state index in [1.807, 2.05) is 30.3 Å². The Hall–Kier alpha value is -4.13. The monoisotopic (exact) mass is 533 g/mol. The number of fused-ring (bicyclic) bond motifs is 1. The number of rotatable bonds is 6. The van der Waals surface area contributed by atoms with Gasteiger partial charge in [0.05, 0.1) is 25.1 Å². The summed E-state index contributed by atoms with van der Waals surface area (Å²) in [5, 5.41) is 14.8. The topological polar surface area (TPSA) is 114 Å². The van der Waals surface area contributed by atoms with Crippen molar-refractivity contribution in [1.82, 2.24) is 25.1 Å². The number of piperazine rings is 1. The van der Waals surface area contributed by atoms with Crippen LogP contribution in [0.2, 0.25) is 0 Å². The Morgan fingerprint density at radius 2 is 1.74 bits per heavy atom. The SMILES string of the molecule is CN1CC(=O)N2[C@@H](CC(=O)O)C(=O)N(Cc3cccc(C(F)(F)F)c3)C[C@@H]2N1C(=O)NCc1ccccc1. The summed E-state index contributed by atoms with van der Waals surface area (Å²) < 4.78 is 39.7. The Bertz CT molecular complexity index is 1230. The zero-order chi connectivity index (χ0) is 27.6. The number of likely N-dealkylation sites (N-methyl/N-ethyl adjacent to an activating group) is 1. The van der Waals surface area contributed by atoms with Gasteiger partial charge in [-0.3, -0.25) is 14.4 Å². The van der Waals surface area contributed by atoms with Gasteiger partial charge in [-0.1, -0.05) is 42.5 Å². The van der Waals surface area contributed by atoms with E-state index in [-0.39, 0.29) is 31.7 Å². The minimum absolute atomic E-state index is 0.172. The van der Waals surface area contributed by atoms with Gasteiger partial charge in [0, 0.05) is 20.1 Å². The number of amides is 4. The van der Waals surface area contributed by atoms with Crippen LogP contribution in [-0.2, 0) is 33.6 Å². The van der Waals surface area contributed by atoms with Gasteiger partial charge in [0.15, 0.2) is 0 Å². The Kier molecular flexibility index (Phi) is 7.58. The van der Waals surface area contributed by atoms with Crippen molar-refractivity contribution < 1.29 is 37.5 Å². The lowest BCUT2D eigenvalue weighted by molar-refractivity contribution is -0.189. The average molecular weight is 534 g/mol. The van der Waals surface area contributed by atoms with Crippen LogP contribution < -0.4 is 5.32 Å². The number of urea groups is 1. The van der Waals surface area contributed by atoms with E-state index in [0.717, 1.165) is 22.6 Å². The van der Waals surface area contributed by atoms with E-state index in [4.69, 9.17) is 0 Å².